The van der Waals surface area contributed by atoms with Crippen LogP contribution >= 0.6 is 11.5 Å². The highest BCUT2D eigenvalue weighted by Crippen LogP contribution is 2.32. The number of nitrogens with zero attached hydrogens (tertiary/aromatic N) is 1. The van der Waals surface area contributed by atoms with E-state index in [2.05, 4.69) is 0 Å². The lowest BCUT2D eigenvalue weighted by atomic mass is 9.90. The number of benzene rings is 2. The third-order valence-corrected chi connectivity index (χ3v) is 7.22. The van der Waals surface area contributed by atoms with Crippen LogP contribution in [0.15, 0.2) is 53.3 Å². The molecule has 1 aliphatic rings. The molecule has 11 nitrogen and oxygen atoms in total. The molecule has 1 aliphatic heterocycles. The first-order valence-electron chi connectivity index (χ1n) is 12.1. The van der Waals surface area contributed by atoms with Crippen LogP contribution in [-0.4, -0.2) is 59.0 Å². The number of ether oxygens (including phenoxy) is 5. The number of esters is 4. The van der Waals surface area contributed by atoms with Crippen molar-refractivity contribution in [1.29, 1.82) is 0 Å². The Labute approximate surface area is 227 Å². The van der Waals surface area contributed by atoms with Gasteiger partial charge >= 0.3 is 23.9 Å². The molecule has 0 amide bonds. The molecule has 0 radical (unpaired) electrons. The molecule has 2 aromatic carbocycles. The van der Waals surface area contributed by atoms with Gasteiger partial charge in [0.25, 0.3) is 5.56 Å². The van der Waals surface area contributed by atoms with Crippen LogP contribution in [-0.2, 0) is 38.1 Å². The van der Waals surface area contributed by atoms with Crippen LogP contribution in [0.1, 0.15) is 38.1 Å². The first kappa shape index (κ1) is 28.0. The SMILES string of the molecule is CC(=O)OCC1O[C@@H](OC(=O)c2ccc(-n3sc4ccccc4c3=O)cc2)C(OC(C)=O)C(OC(C)=O)[C@H]1C. The minimum atomic E-state index is -1.47. The summed E-state index contributed by atoms with van der Waals surface area (Å²) in [5.74, 6) is -3.29. The molecule has 206 valence electrons. The number of rotatable bonds is 7. The van der Waals surface area contributed by atoms with Crippen LogP contribution in [0, 0.1) is 5.92 Å². The number of hydrogen-bond donors (Lipinski definition) is 0. The Kier molecular flexibility index (Phi) is 8.46. The molecule has 0 N–H and O–H groups in total. The van der Waals surface area contributed by atoms with Gasteiger partial charge in [0.1, 0.15) is 18.8 Å². The first-order valence-corrected chi connectivity index (χ1v) is 12.9. The summed E-state index contributed by atoms with van der Waals surface area (Å²) in [7, 11) is 0. The lowest BCUT2D eigenvalue weighted by Crippen LogP contribution is -2.58. The molecule has 0 spiro atoms. The van der Waals surface area contributed by atoms with Gasteiger partial charge in [-0.25, -0.2) is 8.75 Å². The molecule has 0 saturated carbocycles. The zero-order valence-corrected chi connectivity index (χ0v) is 22.5. The molecule has 0 aliphatic carbocycles. The van der Waals surface area contributed by atoms with Crippen LogP contribution in [0.4, 0.5) is 0 Å². The highest BCUT2D eigenvalue weighted by atomic mass is 32.1. The van der Waals surface area contributed by atoms with E-state index in [-0.39, 0.29) is 17.7 Å². The predicted octanol–water partition coefficient (Wildman–Crippen LogP) is 3.00. The minimum Gasteiger partial charge on any atom is -0.463 e. The Balaban J connectivity index is 1.57. The van der Waals surface area contributed by atoms with Gasteiger partial charge < -0.3 is 23.7 Å². The van der Waals surface area contributed by atoms with Crippen LogP contribution in [0.25, 0.3) is 15.8 Å². The zero-order chi connectivity index (χ0) is 28.3. The minimum absolute atomic E-state index is 0.136. The topological polar surface area (TPSA) is 136 Å². The van der Waals surface area contributed by atoms with Gasteiger partial charge in [-0.3, -0.25) is 19.2 Å². The number of aromatic nitrogens is 1. The molecular formula is C27H27NO10S. The van der Waals surface area contributed by atoms with Crippen molar-refractivity contribution in [2.24, 2.45) is 5.92 Å². The summed E-state index contributed by atoms with van der Waals surface area (Å²) in [5, 5.41) is 0.594. The lowest BCUT2D eigenvalue weighted by molar-refractivity contribution is -0.279. The van der Waals surface area contributed by atoms with Crippen molar-refractivity contribution in [2.75, 3.05) is 6.61 Å². The Morgan fingerprint density at radius 1 is 0.872 bits per heavy atom. The van der Waals surface area contributed by atoms with E-state index in [1.54, 1.807) is 31.2 Å². The Hall–Kier alpha value is -4.03. The summed E-state index contributed by atoms with van der Waals surface area (Å²) >= 11 is 1.28. The van der Waals surface area contributed by atoms with E-state index in [0.717, 1.165) is 11.6 Å². The van der Waals surface area contributed by atoms with Crippen LogP contribution in [0.3, 0.4) is 0 Å². The van der Waals surface area contributed by atoms with Crippen LogP contribution in [0.5, 0.6) is 0 Å². The average Bonchev–Trinajstić information content (AvgIpc) is 3.23. The van der Waals surface area contributed by atoms with Crippen molar-refractivity contribution in [3.05, 3.63) is 64.4 Å². The van der Waals surface area contributed by atoms with Gasteiger partial charge in [0.15, 0.2) is 0 Å². The van der Waals surface area contributed by atoms with E-state index in [1.807, 2.05) is 12.1 Å². The molecule has 2 heterocycles. The number of carbonyl (C=O) groups excluding carboxylic acids is 4. The Bertz CT molecular complexity index is 1440. The van der Waals surface area contributed by atoms with Crippen molar-refractivity contribution in [3.63, 3.8) is 0 Å². The van der Waals surface area contributed by atoms with Gasteiger partial charge in [-0.15, -0.1) is 0 Å². The van der Waals surface area contributed by atoms with E-state index >= 15 is 0 Å². The number of carbonyl (C=O) groups is 4. The predicted molar refractivity (Wildman–Crippen MR) is 138 cm³/mol. The molecule has 1 fully saturated rings. The van der Waals surface area contributed by atoms with Crippen molar-refractivity contribution in [2.45, 2.75) is 52.3 Å². The van der Waals surface area contributed by atoms with Crippen molar-refractivity contribution < 1.29 is 42.9 Å². The van der Waals surface area contributed by atoms with Gasteiger partial charge in [-0.2, -0.15) is 0 Å². The highest BCUT2D eigenvalue weighted by Gasteiger charge is 2.50. The largest absolute Gasteiger partial charge is 0.463 e. The van der Waals surface area contributed by atoms with E-state index in [4.69, 9.17) is 23.7 Å². The summed E-state index contributed by atoms with van der Waals surface area (Å²) in [5.41, 5.74) is 0.530. The maximum absolute atomic E-state index is 13.1. The summed E-state index contributed by atoms with van der Waals surface area (Å²) in [6.07, 6.45) is -4.60. The average molecular weight is 558 g/mol. The number of hydrogen-bond acceptors (Lipinski definition) is 11. The molecule has 1 aromatic heterocycles. The molecule has 0 bridgehead atoms. The smallest absolute Gasteiger partial charge is 0.340 e. The second-order valence-corrected chi connectivity index (χ2v) is 9.98. The quantitative estimate of drug-likeness (QED) is 0.315. The molecule has 39 heavy (non-hydrogen) atoms. The van der Waals surface area contributed by atoms with E-state index < -0.39 is 54.4 Å². The fourth-order valence-corrected chi connectivity index (χ4v) is 5.25. The number of fused-ring (bicyclic) bond motifs is 1. The zero-order valence-electron chi connectivity index (χ0n) is 21.7. The van der Waals surface area contributed by atoms with Crippen molar-refractivity contribution in [1.82, 2.24) is 3.96 Å². The van der Waals surface area contributed by atoms with Gasteiger partial charge in [0.05, 0.1) is 21.3 Å². The van der Waals surface area contributed by atoms with E-state index in [1.165, 1.54) is 41.5 Å². The molecule has 4 rings (SSSR count). The standard InChI is InChI=1S/C27H27NO10S/c1-14-21(13-34-15(2)29)37-27(24(36-17(4)31)23(14)35-16(3)30)38-26(33)18-9-11-19(12-10-18)28-25(32)20-7-5-6-8-22(20)39-28/h5-12,14,21,23-24,27H,13H2,1-4H3/t14-,21?,23?,24?,27-/m0/s1. The van der Waals surface area contributed by atoms with Gasteiger partial charge in [-0.1, -0.05) is 30.6 Å². The van der Waals surface area contributed by atoms with E-state index in [0.29, 0.717) is 11.1 Å². The first-order chi connectivity index (χ1) is 18.5. The molecule has 3 unspecified atom stereocenters. The lowest BCUT2D eigenvalue weighted by Gasteiger charge is -2.43. The Morgan fingerprint density at radius 2 is 1.51 bits per heavy atom. The van der Waals surface area contributed by atoms with Gasteiger partial charge in [0.2, 0.25) is 12.4 Å². The molecule has 12 heteroatoms. The van der Waals surface area contributed by atoms with Crippen LogP contribution < -0.4 is 5.56 Å². The monoisotopic (exact) mass is 557 g/mol. The van der Waals surface area contributed by atoms with Crippen molar-refractivity contribution >= 4 is 45.5 Å². The van der Waals surface area contributed by atoms with Gasteiger partial charge in [0, 0.05) is 26.7 Å². The molecule has 3 aromatic rings. The summed E-state index contributed by atoms with van der Waals surface area (Å²) < 4.78 is 29.6. The second kappa shape index (κ2) is 11.8. The highest BCUT2D eigenvalue weighted by molar-refractivity contribution is 7.14. The Morgan fingerprint density at radius 3 is 2.13 bits per heavy atom. The van der Waals surface area contributed by atoms with E-state index in [9.17, 15) is 24.0 Å². The fraction of sp³-hybridized carbons (Fsp3) is 0.370. The summed E-state index contributed by atoms with van der Waals surface area (Å²) in [4.78, 5) is 60.9. The molecule has 5 atom stereocenters. The summed E-state index contributed by atoms with van der Waals surface area (Å²) in [6, 6.07) is 13.4. The van der Waals surface area contributed by atoms with Crippen LogP contribution in [0.2, 0.25) is 0 Å². The second-order valence-electron chi connectivity index (χ2n) is 8.99. The third kappa shape index (κ3) is 6.35. The van der Waals surface area contributed by atoms with Gasteiger partial charge in [-0.05, 0) is 36.4 Å². The normalized spacial score (nSPS) is 22.6. The summed E-state index contributed by atoms with van der Waals surface area (Å²) in [6.45, 7) is 5.05. The maximum atomic E-state index is 13.1. The molecule has 1 saturated heterocycles. The molecular weight excluding hydrogens is 530 g/mol. The maximum Gasteiger partial charge on any atom is 0.340 e. The fourth-order valence-electron chi connectivity index (χ4n) is 4.25. The third-order valence-electron chi connectivity index (χ3n) is 6.11. The van der Waals surface area contributed by atoms with Crippen molar-refractivity contribution in [3.8, 4) is 5.69 Å².